The molecular weight excluding hydrogens is 360 g/mol. The molecule has 0 saturated carbocycles. The van der Waals surface area contributed by atoms with Gasteiger partial charge in [0.25, 0.3) is 0 Å². The summed E-state index contributed by atoms with van der Waals surface area (Å²) >= 11 is 0. The molecule has 1 heterocycles. The number of halogens is 4. The van der Waals surface area contributed by atoms with Crippen LogP contribution in [0.1, 0.15) is 11.1 Å². The second kappa shape index (κ2) is 8.00. The van der Waals surface area contributed by atoms with Crippen molar-refractivity contribution in [1.29, 1.82) is 0 Å². The second-order valence-corrected chi connectivity index (χ2v) is 6.40. The van der Waals surface area contributed by atoms with Crippen molar-refractivity contribution in [3.05, 3.63) is 65.6 Å². The van der Waals surface area contributed by atoms with E-state index in [0.29, 0.717) is 13.1 Å². The third-order valence-corrected chi connectivity index (χ3v) is 4.24. The zero-order valence-electron chi connectivity index (χ0n) is 14.8. The zero-order valence-corrected chi connectivity index (χ0v) is 14.8. The van der Waals surface area contributed by atoms with Gasteiger partial charge in [-0.2, -0.15) is 13.2 Å². The molecule has 0 aliphatic heterocycles. The van der Waals surface area contributed by atoms with Gasteiger partial charge >= 0.3 is 6.18 Å². The molecule has 144 valence electrons. The Hall–Kier alpha value is -2.54. The molecule has 2 aromatic carbocycles. The minimum absolute atomic E-state index is 0.197. The summed E-state index contributed by atoms with van der Waals surface area (Å²) in [5, 5.41) is 4.29. The highest BCUT2D eigenvalue weighted by molar-refractivity contribution is 5.84. The Labute approximate surface area is 154 Å². The van der Waals surface area contributed by atoms with Gasteiger partial charge in [0.05, 0.1) is 5.52 Å². The predicted molar refractivity (Wildman–Crippen MR) is 96.3 cm³/mol. The van der Waals surface area contributed by atoms with Crippen molar-refractivity contribution >= 4 is 10.9 Å². The van der Waals surface area contributed by atoms with E-state index in [4.69, 9.17) is 4.74 Å². The maximum absolute atomic E-state index is 13.4. The fourth-order valence-corrected chi connectivity index (χ4v) is 3.01. The summed E-state index contributed by atoms with van der Waals surface area (Å²) in [7, 11) is 1.88. The Morgan fingerprint density at radius 3 is 2.70 bits per heavy atom. The normalized spacial score (nSPS) is 11.9. The molecule has 0 bridgehead atoms. The smallest absolute Gasteiger partial charge is 0.422 e. The zero-order chi connectivity index (χ0) is 19.4. The van der Waals surface area contributed by atoms with E-state index >= 15 is 0 Å². The molecule has 1 aromatic heterocycles. The van der Waals surface area contributed by atoms with Gasteiger partial charge in [0.2, 0.25) is 0 Å². The first-order chi connectivity index (χ1) is 12.8. The number of rotatable bonds is 7. The average Bonchev–Trinajstić information content (AvgIpc) is 2.92. The monoisotopic (exact) mass is 380 g/mol. The third-order valence-electron chi connectivity index (χ3n) is 4.24. The molecule has 0 spiro atoms. The van der Waals surface area contributed by atoms with Crippen LogP contribution in [0.4, 0.5) is 17.6 Å². The lowest BCUT2D eigenvalue weighted by atomic mass is 10.1. The molecule has 3 nitrogen and oxygen atoms in total. The van der Waals surface area contributed by atoms with Crippen molar-refractivity contribution in [2.24, 2.45) is 7.05 Å². The number of hydrogen-bond donors (Lipinski definition) is 1. The van der Waals surface area contributed by atoms with Crippen LogP contribution in [-0.2, 0) is 20.0 Å². The first-order valence-electron chi connectivity index (χ1n) is 8.54. The molecule has 0 saturated heterocycles. The van der Waals surface area contributed by atoms with Crippen molar-refractivity contribution < 1.29 is 22.3 Å². The van der Waals surface area contributed by atoms with Crippen molar-refractivity contribution in [1.82, 2.24) is 9.88 Å². The average molecular weight is 380 g/mol. The topological polar surface area (TPSA) is 26.2 Å². The third kappa shape index (κ3) is 5.23. The Morgan fingerprint density at radius 1 is 1.11 bits per heavy atom. The van der Waals surface area contributed by atoms with E-state index in [-0.39, 0.29) is 11.6 Å². The summed E-state index contributed by atoms with van der Waals surface area (Å²) in [4.78, 5) is 0. The Kier molecular flexibility index (Phi) is 5.70. The largest absolute Gasteiger partial charge is 0.484 e. The van der Waals surface area contributed by atoms with E-state index in [0.717, 1.165) is 28.5 Å². The minimum atomic E-state index is -4.35. The summed E-state index contributed by atoms with van der Waals surface area (Å²) in [5.41, 5.74) is 2.80. The molecule has 7 heteroatoms. The van der Waals surface area contributed by atoms with Crippen LogP contribution in [0.2, 0.25) is 0 Å². The number of nitrogens with zero attached hydrogens (tertiary/aromatic N) is 1. The summed E-state index contributed by atoms with van der Waals surface area (Å²) in [6.45, 7) is -0.0989. The van der Waals surface area contributed by atoms with Crippen LogP contribution in [0.5, 0.6) is 5.75 Å². The van der Waals surface area contributed by atoms with Gasteiger partial charge in [0.15, 0.2) is 6.61 Å². The van der Waals surface area contributed by atoms with Gasteiger partial charge in [-0.15, -0.1) is 0 Å². The highest BCUT2D eigenvalue weighted by Crippen LogP contribution is 2.22. The highest BCUT2D eigenvalue weighted by atomic mass is 19.4. The van der Waals surface area contributed by atoms with Gasteiger partial charge < -0.3 is 14.6 Å². The van der Waals surface area contributed by atoms with Crippen LogP contribution in [0.3, 0.4) is 0 Å². The lowest BCUT2D eigenvalue weighted by Gasteiger charge is -2.10. The molecule has 0 amide bonds. The summed E-state index contributed by atoms with van der Waals surface area (Å²) in [6, 6.07) is 11.3. The van der Waals surface area contributed by atoms with E-state index in [1.54, 1.807) is 18.2 Å². The molecule has 0 aliphatic rings. The number of hydrogen-bond acceptors (Lipinski definition) is 2. The van der Waals surface area contributed by atoms with Crippen LogP contribution in [0, 0.1) is 5.82 Å². The molecule has 1 N–H and O–H groups in total. The molecule has 0 unspecified atom stereocenters. The number of fused-ring (bicyclic) bond motifs is 1. The van der Waals surface area contributed by atoms with Gasteiger partial charge in [0, 0.05) is 25.2 Å². The first-order valence-corrected chi connectivity index (χ1v) is 8.54. The molecule has 27 heavy (non-hydrogen) atoms. The van der Waals surface area contributed by atoms with E-state index in [2.05, 4.69) is 5.32 Å². The van der Waals surface area contributed by atoms with Crippen molar-refractivity contribution in [3.63, 3.8) is 0 Å². The molecule has 3 rings (SSSR count). The van der Waals surface area contributed by atoms with Gasteiger partial charge in [-0.3, -0.25) is 0 Å². The van der Waals surface area contributed by atoms with Crippen LogP contribution < -0.4 is 10.1 Å². The quantitative estimate of drug-likeness (QED) is 0.479. The molecule has 3 aromatic rings. The van der Waals surface area contributed by atoms with Gasteiger partial charge in [-0.05, 0) is 54.4 Å². The van der Waals surface area contributed by atoms with Crippen LogP contribution in [0.15, 0.2) is 48.7 Å². The first kappa shape index (κ1) is 19.2. The van der Waals surface area contributed by atoms with Crippen LogP contribution >= 0.6 is 0 Å². The summed E-state index contributed by atoms with van der Waals surface area (Å²) in [6.07, 6.45) is -1.61. The number of ether oxygens (including phenoxy) is 1. The Balaban J connectivity index is 1.53. The fraction of sp³-hybridized carbons (Fsp3) is 0.300. The van der Waals surface area contributed by atoms with Crippen LogP contribution in [-0.4, -0.2) is 23.9 Å². The van der Waals surface area contributed by atoms with Crippen molar-refractivity contribution in [3.8, 4) is 5.75 Å². The number of benzene rings is 2. The van der Waals surface area contributed by atoms with Crippen LogP contribution in [0.25, 0.3) is 10.9 Å². The minimum Gasteiger partial charge on any atom is -0.484 e. The number of aryl methyl sites for hydroxylation is 1. The lowest BCUT2D eigenvalue weighted by molar-refractivity contribution is -0.153. The van der Waals surface area contributed by atoms with Gasteiger partial charge in [0.1, 0.15) is 11.6 Å². The molecule has 0 fully saturated rings. The Morgan fingerprint density at radius 2 is 1.93 bits per heavy atom. The molecule has 0 aliphatic carbocycles. The molecule has 0 atom stereocenters. The van der Waals surface area contributed by atoms with E-state index in [1.165, 1.54) is 18.2 Å². The standard InChI is InChI=1S/C20H20F4N2O/c1-26-12-15(18-6-5-16(21)10-19(18)26)7-8-25-11-14-3-2-4-17(9-14)27-13-20(22,23)24/h2-6,9-10,12,25H,7-8,11,13H2,1H3. The van der Waals surface area contributed by atoms with Gasteiger partial charge in [-0.25, -0.2) is 4.39 Å². The van der Waals surface area contributed by atoms with Crippen molar-refractivity contribution in [2.45, 2.75) is 19.1 Å². The summed E-state index contributed by atoms with van der Waals surface area (Å²) < 4.78 is 56.7. The predicted octanol–water partition coefficient (Wildman–Crippen LogP) is 4.59. The Bertz CT molecular complexity index is 918. The molecule has 0 radical (unpaired) electrons. The lowest BCUT2D eigenvalue weighted by Crippen LogP contribution is -2.19. The summed E-state index contributed by atoms with van der Waals surface area (Å²) in [5.74, 6) is -0.0660. The number of alkyl halides is 3. The second-order valence-electron chi connectivity index (χ2n) is 6.40. The van der Waals surface area contributed by atoms with Crippen molar-refractivity contribution in [2.75, 3.05) is 13.2 Å². The fourth-order valence-electron chi connectivity index (χ4n) is 3.01. The maximum atomic E-state index is 13.4. The number of aromatic nitrogens is 1. The SMILES string of the molecule is Cn1cc(CCNCc2cccc(OCC(F)(F)F)c2)c2ccc(F)cc21. The molecular formula is C20H20F4N2O. The van der Waals surface area contributed by atoms with Gasteiger partial charge in [-0.1, -0.05) is 12.1 Å². The van der Waals surface area contributed by atoms with E-state index < -0.39 is 12.8 Å². The number of nitrogens with one attached hydrogen (secondary N) is 1. The highest BCUT2D eigenvalue weighted by Gasteiger charge is 2.28. The maximum Gasteiger partial charge on any atom is 0.422 e. The van der Waals surface area contributed by atoms with E-state index in [9.17, 15) is 17.6 Å². The van der Waals surface area contributed by atoms with E-state index in [1.807, 2.05) is 23.9 Å².